The standard InChI is InChI=1S/C11H12ClF4NO/c12-9-5-8(1-2-10(9)13)6-17-3-4-18-7-11(14,15)16/h1-2,5,17H,3-4,6-7H2. The molecule has 0 aliphatic carbocycles. The van der Waals surface area contributed by atoms with Crippen LogP contribution in [0.4, 0.5) is 17.6 Å². The van der Waals surface area contributed by atoms with Gasteiger partial charge in [0.25, 0.3) is 0 Å². The van der Waals surface area contributed by atoms with Crippen LogP contribution in [0.25, 0.3) is 0 Å². The highest BCUT2D eigenvalue weighted by molar-refractivity contribution is 6.30. The maximum atomic E-state index is 12.8. The molecule has 1 aromatic rings. The SMILES string of the molecule is Fc1ccc(CNCCOCC(F)(F)F)cc1Cl. The van der Waals surface area contributed by atoms with Gasteiger partial charge >= 0.3 is 6.18 Å². The van der Waals surface area contributed by atoms with Crippen molar-refractivity contribution in [3.63, 3.8) is 0 Å². The zero-order chi connectivity index (χ0) is 13.6. The van der Waals surface area contributed by atoms with Gasteiger partial charge in [-0.05, 0) is 17.7 Å². The van der Waals surface area contributed by atoms with Crippen molar-refractivity contribution in [1.29, 1.82) is 0 Å². The maximum absolute atomic E-state index is 12.8. The zero-order valence-electron chi connectivity index (χ0n) is 9.36. The van der Waals surface area contributed by atoms with Gasteiger partial charge < -0.3 is 10.1 Å². The quantitative estimate of drug-likeness (QED) is 0.640. The Balaban J connectivity index is 2.16. The average molecular weight is 286 g/mol. The van der Waals surface area contributed by atoms with Crippen LogP contribution in [0.2, 0.25) is 5.02 Å². The number of benzene rings is 1. The van der Waals surface area contributed by atoms with Gasteiger partial charge in [0, 0.05) is 13.1 Å². The van der Waals surface area contributed by atoms with E-state index in [1.54, 1.807) is 6.07 Å². The minimum absolute atomic E-state index is 0.0163. The van der Waals surface area contributed by atoms with Crippen molar-refractivity contribution in [1.82, 2.24) is 5.32 Å². The molecule has 0 atom stereocenters. The molecule has 0 aliphatic heterocycles. The van der Waals surface area contributed by atoms with E-state index in [-0.39, 0.29) is 18.2 Å². The van der Waals surface area contributed by atoms with Gasteiger partial charge in [-0.3, -0.25) is 0 Å². The molecule has 0 radical (unpaired) electrons. The second-order valence-electron chi connectivity index (χ2n) is 3.59. The van der Waals surface area contributed by atoms with Gasteiger partial charge in [0.2, 0.25) is 0 Å². The molecule has 0 spiro atoms. The van der Waals surface area contributed by atoms with Gasteiger partial charge in [-0.1, -0.05) is 17.7 Å². The summed E-state index contributed by atoms with van der Waals surface area (Å²) in [5.74, 6) is -0.506. The van der Waals surface area contributed by atoms with Gasteiger partial charge in [0.05, 0.1) is 11.6 Å². The van der Waals surface area contributed by atoms with Crippen LogP contribution in [0.3, 0.4) is 0 Å². The molecule has 1 aromatic carbocycles. The summed E-state index contributed by atoms with van der Waals surface area (Å²) in [6.45, 7) is -0.647. The Morgan fingerprint density at radius 1 is 1.28 bits per heavy atom. The van der Waals surface area contributed by atoms with Crippen LogP contribution in [-0.4, -0.2) is 25.9 Å². The number of alkyl halides is 3. The van der Waals surface area contributed by atoms with Crippen molar-refractivity contribution in [2.24, 2.45) is 0 Å². The van der Waals surface area contributed by atoms with Crippen LogP contribution < -0.4 is 5.32 Å². The van der Waals surface area contributed by atoms with Crippen molar-refractivity contribution in [3.05, 3.63) is 34.6 Å². The molecule has 0 saturated carbocycles. The van der Waals surface area contributed by atoms with Crippen LogP contribution in [0.1, 0.15) is 5.56 Å². The molecule has 0 aliphatic rings. The summed E-state index contributed by atoms with van der Waals surface area (Å²) in [6.07, 6.45) is -4.30. The van der Waals surface area contributed by atoms with E-state index in [2.05, 4.69) is 10.1 Å². The van der Waals surface area contributed by atoms with E-state index in [1.807, 2.05) is 0 Å². The summed E-state index contributed by atoms with van der Waals surface area (Å²) in [6, 6.07) is 4.24. The summed E-state index contributed by atoms with van der Waals surface area (Å²) in [5, 5.41) is 2.88. The second kappa shape index (κ2) is 6.92. The number of hydrogen-bond donors (Lipinski definition) is 1. The van der Waals surface area contributed by atoms with Gasteiger partial charge in [0.1, 0.15) is 12.4 Å². The Bertz CT molecular complexity index is 384. The predicted octanol–water partition coefficient (Wildman–Crippen LogP) is 3.15. The molecule has 102 valence electrons. The summed E-state index contributed by atoms with van der Waals surface area (Å²) in [7, 11) is 0. The first-order valence-electron chi connectivity index (χ1n) is 5.17. The fourth-order valence-electron chi connectivity index (χ4n) is 1.21. The lowest BCUT2D eigenvalue weighted by Crippen LogP contribution is -2.23. The molecule has 0 saturated heterocycles. The fraction of sp³-hybridized carbons (Fsp3) is 0.455. The van der Waals surface area contributed by atoms with E-state index in [0.717, 1.165) is 5.56 Å². The van der Waals surface area contributed by atoms with Crippen LogP contribution in [0, 0.1) is 5.82 Å². The molecule has 0 bridgehead atoms. The molecule has 1 rings (SSSR count). The lowest BCUT2D eigenvalue weighted by molar-refractivity contribution is -0.173. The smallest absolute Gasteiger partial charge is 0.371 e. The number of hydrogen-bond acceptors (Lipinski definition) is 2. The van der Waals surface area contributed by atoms with E-state index in [9.17, 15) is 17.6 Å². The van der Waals surface area contributed by atoms with Crippen molar-refractivity contribution in [2.75, 3.05) is 19.8 Å². The first kappa shape index (κ1) is 15.2. The third kappa shape index (κ3) is 6.18. The highest BCUT2D eigenvalue weighted by atomic mass is 35.5. The largest absolute Gasteiger partial charge is 0.411 e. The molecular weight excluding hydrogens is 274 g/mol. The number of halogens is 5. The van der Waals surface area contributed by atoms with E-state index >= 15 is 0 Å². The molecule has 0 amide bonds. The molecule has 0 aromatic heterocycles. The highest BCUT2D eigenvalue weighted by Crippen LogP contribution is 2.16. The minimum atomic E-state index is -4.30. The molecule has 18 heavy (non-hydrogen) atoms. The highest BCUT2D eigenvalue weighted by Gasteiger charge is 2.27. The van der Waals surface area contributed by atoms with E-state index in [0.29, 0.717) is 6.54 Å². The zero-order valence-corrected chi connectivity index (χ0v) is 10.1. The molecule has 0 heterocycles. The monoisotopic (exact) mass is 285 g/mol. The number of rotatable bonds is 6. The molecule has 0 unspecified atom stereocenters. The van der Waals surface area contributed by atoms with Gasteiger partial charge in [-0.25, -0.2) is 4.39 Å². The van der Waals surface area contributed by atoms with E-state index in [1.165, 1.54) is 12.1 Å². The Morgan fingerprint density at radius 2 is 2.00 bits per heavy atom. The van der Waals surface area contributed by atoms with Gasteiger partial charge in [-0.15, -0.1) is 0 Å². The molecule has 0 fully saturated rings. The number of nitrogens with one attached hydrogen (secondary N) is 1. The third-order valence-corrected chi connectivity index (χ3v) is 2.29. The average Bonchev–Trinajstić information content (AvgIpc) is 2.26. The molecular formula is C11H12ClF4NO. The van der Waals surface area contributed by atoms with Gasteiger partial charge in [0.15, 0.2) is 0 Å². The van der Waals surface area contributed by atoms with Crippen LogP contribution >= 0.6 is 11.6 Å². The Hall–Kier alpha value is -0.850. The minimum Gasteiger partial charge on any atom is -0.371 e. The fourth-order valence-corrected chi connectivity index (χ4v) is 1.42. The summed E-state index contributed by atoms with van der Waals surface area (Å²) < 4.78 is 52.4. The number of ether oxygens (including phenoxy) is 1. The second-order valence-corrected chi connectivity index (χ2v) is 4.00. The van der Waals surface area contributed by atoms with Gasteiger partial charge in [-0.2, -0.15) is 13.2 Å². The van der Waals surface area contributed by atoms with E-state index < -0.39 is 18.6 Å². The maximum Gasteiger partial charge on any atom is 0.411 e. The summed E-state index contributed by atoms with van der Waals surface area (Å²) in [4.78, 5) is 0. The normalized spacial score (nSPS) is 11.8. The Kier molecular flexibility index (Phi) is 5.84. The lowest BCUT2D eigenvalue weighted by Gasteiger charge is -2.08. The van der Waals surface area contributed by atoms with Crippen LogP contribution in [0.15, 0.2) is 18.2 Å². The molecule has 2 nitrogen and oxygen atoms in total. The third-order valence-electron chi connectivity index (χ3n) is 2.00. The summed E-state index contributed by atoms with van der Waals surface area (Å²) in [5.41, 5.74) is 0.747. The Morgan fingerprint density at radius 3 is 2.61 bits per heavy atom. The van der Waals surface area contributed by atoms with Crippen molar-refractivity contribution < 1.29 is 22.3 Å². The van der Waals surface area contributed by atoms with E-state index in [4.69, 9.17) is 11.6 Å². The predicted molar refractivity (Wildman–Crippen MR) is 60.0 cm³/mol. The first-order valence-corrected chi connectivity index (χ1v) is 5.55. The van der Waals surface area contributed by atoms with Crippen molar-refractivity contribution in [3.8, 4) is 0 Å². The lowest BCUT2D eigenvalue weighted by atomic mass is 10.2. The van der Waals surface area contributed by atoms with Crippen LogP contribution in [0.5, 0.6) is 0 Å². The summed E-state index contributed by atoms with van der Waals surface area (Å²) >= 11 is 5.57. The van der Waals surface area contributed by atoms with Crippen molar-refractivity contribution >= 4 is 11.6 Å². The topological polar surface area (TPSA) is 21.3 Å². The van der Waals surface area contributed by atoms with Crippen molar-refractivity contribution in [2.45, 2.75) is 12.7 Å². The Labute approximate surface area is 107 Å². The van der Waals surface area contributed by atoms with Crippen LogP contribution in [-0.2, 0) is 11.3 Å². The first-order chi connectivity index (χ1) is 8.38. The molecule has 7 heteroatoms. The molecule has 1 N–H and O–H groups in total.